The molecule has 3 rings (SSSR count). The summed E-state index contributed by atoms with van der Waals surface area (Å²) in [4.78, 5) is 25.2. The Hall–Kier alpha value is -3.88. The second-order valence-electron chi connectivity index (χ2n) is 13.9. The summed E-state index contributed by atoms with van der Waals surface area (Å²) in [5.74, 6) is 1.24. The van der Waals surface area contributed by atoms with E-state index >= 15 is 0 Å². The van der Waals surface area contributed by atoms with Crippen molar-refractivity contribution in [3.63, 3.8) is 0 Å². The molecule has 52 heavy (non-hydrogen) atoms. The van der Waals surface area contributed by atoms with Gasteiger partial charge < -0.3 is 28.4 Å². The molecule has 0 heterocycles. The van der Waals surface area contributed by atoms with Gasteiger partial charge in [-0.05, 0) is 38.5 Å². The van der Waals surface area contributed by atoms with Crippen molar-refractivity contribution < 1.29 is 38.0 Å². The Morgan fingerprint density at radius 3 is 1.19 bits per heavy atom. The Balaban J connectivity index is 1.87. The van der Waals surface area contributed by atoms with Gasteiger partial charge in [-0.3, -0.25) is 0 Å². The number of ether oxygens (including phenoxy) is 6. The van der Waals surface area contributed by atoms with Crippen molar-refractivity contribution in [1.29, 1.82) is 0 Å². The van der Waals surface area contributed by atoms with Crippen LogP contribution >= 0.6 is 0 Å². The molecule has 0 fully saturated rings. The molecule has 0 aromatic heterocycles. The molecular formula is C44H62O8. The topological polar surface area (TPSA) is 89.5 Å². The zero-order chi connectivity index (χ0) is 37.9. The van der Waals surface area contributed by atoms with Crippen LogP contribution in [-0.2, 0) is 28.5 Å². The maximum Gasteiger partial charge on any atom is 0.333 e. The van der Waals surface area contributed by atoms with Gasteiger partial charge in [0, 0.05) is 45.9 Å². The average Bonchev–Trinajstić information content (AvgIpc) is 3.14. The van der Waals surface area contributed by atoms with Crippen LogP contribution < -0.4 is 9.47 Å². The quantitative estimate of drug-likeness (QED) is 0.0460. The maximum atomic E-state index is 12.6. The number of fused-ring (bicyclic) bond motifs is 2. The fourth-order valence-corrected chi connectivity index (χ4v) is 5.98. The smallest absolute Gasteiger partial charge is 0.333 e. The van der Waals surface area contributed by atoms with E-state index in [1.165, 1.54) is 0 Å². The van der Waals surface area contributed by atoms with Gasteiger partial charge in [-0.15, -0.1) is 0 Å². The second-order valence-corrected chi connectivity index (χ2v) is 13.9. The van der Waals surface area contributed by atoms with Gasteiger partial charge >= 0.3 is 11.9 Å². The van der Waals surface area contributed by atoms with Crippen LogP contribution in [0.25, 0.3) is 21.5 Å². The molecule has 0 N–H and O–H groups in total. The van der Waals surface area contributed by atoms with Crippen LogP contribution in [0.5, 0.6) is 11.5 Å². The molecule has 3 aromatic carbocycles. The van der Waals surface area contributed by atoms with Gasteiger partial charge in [0.25, 0.3) is 0 Å². The van der Waals surface area contributed by atoms with Crippen LogP contribution in [0.15, 0.2) is 72.8 Å². The molecule has 4 unspecified atom stereocenters. The minimum absolute atomic E-state index is 0.0895. The van der Waals surface area contributed by atoms with E-state index in [0.717, 1.165) is 72.9 Å². The van der Waals surface area contributed by atoms with Gasteiger partial charge in [0.1, 0.15) is 24.7 Å². The van der Waals surface area contributed by atoms with Gasteiger partial charge in [0.15, 0.2) is 12.2 Å². The van der Waals surface area contributed by atoms with Crippen LogP contribution in [0.3, 0.4) is 0 Å². The van der Waals surface area contributed by atoms with Crippen molar-refractivity contribution >= 4 is 33.5 Å². The molecule has 0 aliphatic rings. The van der Waals surface area contributed by atoms with Crippen molar-refractivity contribution in [2.75, 3.05) is 39.6 Å². The molecule has 8 nitrogen and oxygen atoms in total. The molecule has 0 aliphatic carbocycles. The van der Waals surface area contributed by atoms with Crippen LogP contribution in [0.1, 0.15) is 92.9 Å². The summed E-state index contributed by atoms with van der Waals surface area (Å²) in [6.45, 7) is 21.3. The first kappa shape index (κ1) is 42.5. The molecule has 8 heteroatoms. The Morgan fingerprint density at radius 2 is 0.904 bits per heavy atom. The third-order valence-corrected chi connectivity index (χ3v) is 9.31. The standard InChI is InChI=1S/C44H62O8/c1-9-13-19-33(11-3)25-47-27-35(51-43(45)31(5)6)29-49-41-37-21-15-17-23-39(37)42(40-24-18-16-22-38(40)41)50-30-36(52-44(46)32(7)8)28-48-26-34(12-4)20-14-10-2/h15-18,21-24,33-36H,5,7,9-14,19-20,25-30H2,1-4,6,8H3. The van der Waals surface area contributed by atoms with E-state index in [-0.39, 0.29) is 26.4 Å². The van der Waals surface area contributed by atoms with Crippen LogP contribution in [0.2, 0.25) is 0 Å². The number of rotatable bonds is 26. The first-order valence-corrected chi connectivity index (χ1v) is 19.2. The molecule has 0 amide bonds. The van der Waals surface area contributed by atoms with Gasteiger partial charge in [-0.1, -0.05) is 128 Å². The number of hydrogen-bond donors (Lipinski definition) is 0. The fourth-order valence-electron chi connectivity index (χ4n) is 5.98. The second kappa shape index (κ2) is 22.9. The summed E-state index contributed by atoms with van der Waals surface area (Å²) in [5, 5.41) is 3.34. The molecule has 0 saturated carbocycles. The highest BCUT2D eigenvalue weighted by atomic mass is 16.6. The van der Waals surface area contributed by atoms with Gasteiger partial charge in [-0.2, -0.15) is 0 Å². The lowest BCUT2D eigenvalue weighted by Gasteiger charge is -2.24. The highest BCUT2D eigenvalue weighted by Crippen LogP contribution is 2.43. The van der Waals surface area contributed by atoms with E-state index in [1.807, 2.05) is 48.5 Å². The lowest BCUT2D eigenvalue weighted by molar-refractivity contribution is -0.150. The number of carbonyl (C=O) groups excluding carboxylic acids is 2. The van der Waals surface area contributed by atoms with Crippen LogP contribution in [0.4, 0.5) is 0 Å². The molecule has 0 spiro atoms. The molecule has 0 radical (unpaired) electrons. The Labute approximate surface area is 311 Å². The summed E-state index contributed by atoms with van der Waals surface area (Å²) < 4.78 is 36.9. The minimum atomic E-state index is -0.639. The first-order chi connectivity index (χ1) is 25.1. The Morgan fingerprint density at radius 1 is 0.558 bits per heavy atom. The summed E-state index contributed by atoms with van der Waals surface area (Å²) in [7, 11) is 0. The number of esters is 2. The van der Waals surface area contributed by atoms with Gasteiger partial charge in [0.2, 0.25) is 0 Å². The van der Waals surface area contributed by atoms with E-state index in [0.29, 0.717) is 47.7 Å². The molecule has 0 aliphatic heterocycles. The normalized spacial score (nSPS) is 13.7. The number of benzene rings is 3. The van der Waals surface area contributed by atoms with Gasteiger partial charge in [-0.25, -0.2) is 9.59 Å². The monoisotopic (exact) mass is 718 g/mol. The number of hydrogen-bond acceptors (Lipinski definition) is 8. The minimum Gasteiger partial charge on any atom is -0.488 e. The van der Waals surface area contributed by atoms with Crippen molar-refractivity contribution in [3.8, 4) is 11.5 Å². The maximum absolute atomic E-state index is 12.6. The molecule has 0 saturated heterocycles. The van der Waals surface area contributed by atoms with Crippen LogP contribution in [0, 0.1) is 11.8 Å². The Bertz CT molecular complexity index is 1410. The SMILES string of the molecule is C=C(C)C(=O)OC(COCC(CC)CCCC)COc1c2ccccc2c(OCC(COCC(CC)CCCC)OC(=O)C(=C)C)c2ccccc12. The molecule has 0 bridgehead atoms. The fraction of sp³-hybridized carbons (Fsp3) is 0.545. The van der Waals surface area contributed by atoms with E-state index in [1.54, 1.807) is 13.8 Å². The summed E-state index contributed by atoms with van der Waals surface area (Å²) >= 11 is 0. The molecular weight excluding hydrogens is 656 g/mol. The van der Waals surface area contributed by atoms with E-state index in [2.05, 4.69) is 40.9 Å². The first-order valence-electron chi connectivity index (χ1n) is 19.2. The van der Waals surface area contributed by atoms with Crippen LogP contribution in [-0.4, -0.2) is 63.8 Å². The molecule has 4 atom stereocenters. The highest BCUT2D eigenvalue weighted by Gasteiger charge is 2.23. The number of unbranched alkanes of at least 4 members (excludes halogenated alkanes) is 2. The summed E-state index contributed by atoms with van der Waals surface area (Å²) in [6, 6.07) is 15.7. The van der Waals surface area contributed by atoms with E-state index in [4.69, 9.17) is 28.4 Å². The molecule has 286 valence electrons. The van der Waals surface area contributed by atoms with Crippen molar-refractivity contribution in [3.05, 3.63) is 72.8 Å². The largest absolute Gasteiger partial charge is 0.488 e. The Kier molecular flexibility index (Phi) is 18.8. The lowest BCUT2D eigenvalue weighted by Crippen LogP contribution is -2.31. The lowest BCUT2D eigenvalue weighted by atomic mass is 10.0. The molecule has 3 aromatic rings. The predicted molar refractivity (Wildman–Crippen MR) is 210 cm³/mol. The van der Waals surface area contributed by atoms with E-state index < -0.39 is 24.1 Å². The van der Waals surface area contributed by atoms with Crippen molar-refractivity contribution in [2.45, 2.75) is 105 Å². The third kappa shape index (κ3) is 13.3. The summed E-state index contributed by atoms with van der Waals surface area (Å²) in [6.07, 6.45) is 7.60. The van der Waals surface area contributed by atoms with Crippen molar-refractivity contribution in [1.82, 2.24) is 0 Å². The zero-order valence-electron chi connectivity index (χ0n) is 32.5. The summed E-state index contributed by atoms with van der Waals surface area (Å²) in [5.41, 5.74) is 0.632. The van der Waals surface area contributed by atoms with Gasteiger partial charge in [0.05, 0.1) is 13.2 Å². The third-order valence-electron chi connectivity index (χ3n) is 9.31. The van der Waals surface area contributed by atoms with Crippen molar-refractivity contribution in [2.24, 2.45) is 11.8 Å². The highest BCUT2D eigenvalue weighted by molar-refractivity contribution is 6.11. The average molecular weight is 719 g/mol. The number of carbonyl (C=O) groups is 2. The zero-order valence-corrected chi connectivity index (χ0v) is 32.5. The van der Waals surface area contributed by atoms with E-state index in [9.17, 15) is 9.59 Å². The predicted octanol–water partition coefficient (Wildman–Crippen LogP) is 10.2.